The molecule has 2 atom stereocenters. The molecule has 1 aromatic carbocycles. The first-order valence-electron chi connectivity index (χ1n) is 9.80. The van der Waals surface area contributed by atoms with Crippen LogP contribution in [0.25, 0.3) is 6.08 Å². The van der Waals surface area contributed by atoms with E-state index in [2.05, 4.69) is 13.0 Å². The molecule has 0 aromatic heterocycles. The van der Waals surface area contributed by atoms with Gasteiger partial charge in [-0.25, -0.2) is 8.42 Å². The summed E-state index contributed by atoms with van der Waals surface area (Å²) >= 11 is 0. The van der Waals surface area contributed by atoms with Crippen LogP contribution in [0.1, 0.15) is 56.2 Å². The van der Waals surface area contributed by atoms with Gasteiger partial charge in [-0.3, -0.25) is 0 Å². The molecule has 0 bridgehead atoms. The molecule has 0 radical (unpaired) electrons. The largest absolute Gasteiger partial charge is 0.507 e. The molecule has 28 heavy (non-hydrogen) atoms. The Morgan fingerprint density at radius 3 is 2.36 bits per heavy atom. The highest BCUT2D eigenvalue weighted by molar-refractivity contribution is 7.92. The predicted molar refractivity (Wildman–Crippen MR) is 113 cm³/mol. The van der Waals surface area contributed by atoms with Crippen LogP contribution in [0, 0.1) is 13.8 Å². The topological polar surface area (TPSA) is 94.8 Å². The summed E-state index contributed by atoms with van der Waals surface area (Å²) in [5.41, 5.74) is 4.95. The van der Waals surface area contributed by atoms with Gasteiger partial charge in [0.05, 0.1) is 18.5 Å². The van der Waals surface area contributed by atoms with E-state index in [9.17, 15) is 23.7 Å². The molecular formula is C22H32O5S. The van der Waals surface area contributed by atoms with Gasteiger partial charge in [0.15, 0.2) is 9.84 Å². The third kappa shape index (κ3) is 5.04. The van der Waals surface area contributed by atoms with Crippen molar-refractivity contribution in [2.75, 3.05) is 12.4 Å². The van der Waals surface area contributed by atoms with Gasteiger partial charge in [0.1, 0.15) is 11.0 Å². The van der Waals surface area contributed by atoms with Crippen LogP contribution in [-0.2, 0) is 9.84 Å². The maximum absolute atomic E-state index is 12.1. The first kappa shape index (κ1) is 22.7. The van der Waals surface area contributed by atoms with Gasteiger partial charge in [0, 0.05) is 0 Å². The average molecular weight is 409 g/mol. The number of rotatable bonds is 8. The molecule has 1 aromatic rings. The summed E-state index contributed by atoms with van der Waals surface area (Å²) in [4.78, 5) is 0. The van der Waals surface area contributed by atoms with Crippen molar-refractivity contribution < 1.29 is 23.7 Å². The Morgan fingerprint density at radius 1 is 1.21 bits per heavy atom. The van der Waals surface area contributed by atoms with Crippen molar-refractivity contribution in [2.45, 2.75) is 64.7 Å². The van der Waals surface area contributed by atoms with Crippen molar-refractivity contribution in [3.8, 4) is 5.75 Å². The van der Waals surface area contributed by atoms with Gasteiger partial charge in [0.2, 0.25) is 0 Å². The molecule has 0 fully saturated rings. The Balaban J connectivity index is 2.18. The van der Waals surface area contributed by atoms with Crippen molar-refractivity contribution in [3.05, 3.63) is 45.5 Å². The van der Waals surface area contributed by atoms with E-state index in [1.165, 1.54) is 5.57 Å². The molecule has 6 heteroatoms. The van der Waals surface area contributed by atoms with Crippen LogP contribution in [0.2, 0.25) is 0 Å². The number of hydrogen-bond acceptors (Lipinski definition) is 5. The number of aliphatic hydroxyl groups is 2. The molecular weight excluding hydrogens is 376 g/mol. The van der Waals surface area contributed by atoms with Crippen LogP contribution >= 0.6 is 0 Å². The minimum Gasteiger partial charge on any atom is -0.507 e. The number of benzene rings is 1. The van der Waals surface area contributed by atoms with Crippen LogP contribution in [0.15, 0.2) is 28.9 Å². The van der Waals surface area contributed by atoms with Gasteiger partial charge in [-0.15, -0.1) is 0 Å². The van der Waals surface area contributed by atoms with E-state index in [-0.39, 0.29) is 5.75 Å². The fourth-order valence-electron chi connectivity index (χ4n) is 4.04. The van der Waals surface area contributed by atoms with Gasteiger partial charge in [-0.1, -0.05) is 30.6 Å². The second-order valence-corrected chi connectivity index (χ2v) is 10.0. The molecule has 156 valence electrons. The zero-order chi connectivity index (χ0) is 21.1. The maximum Gasteiger partial charge on any atom is 0.163 e. The number of phenolic OH excluding ortho intramolecular Hbond substituents is 1. The fraction of sp³-hybridized carbons (Fsp3) is 0.545. The SMILES string of the molecule is CCC/C(=C\c1cc(C)c(O)c(C)c1)CC[C@@H](O)C1=C(C)CS(=O)(=O)[C@H]1CO. The molecule has 0 spiro atoms. The smallest absolute Gasteiger partial charge is 0.163 e. The summed E-state index contributed by atoms with van der Waals surface area (Å²) in [7, 11) is -3.41. The lowest BCUT2D eigenvalue weighted by Crippen LogP contribution is -2.29. The van der Waals surface area contributed by atoms with Crippen LogP contribution in [0.3, 0.4) is 0 Å². The molecule has 5 nitrogen and oxygen atoms in total. The summed E-state index contributed by atoms with van der Waals surface area (Å²) in [6.45, 7) is 7.06. The molecule has 0 saturated carbocycles. The van der Waals surface area contributed by atoms with Gasteiger partial charge in [-0.05, 0) is 74.4 Å². The fourth-order valence-corrected chi connectivity index (χ4v) is 5.99. The van der Waals surface area contributed by atoms with E-state index in [0.29, 0.717) is 29.7 Å². The second-order valence-electron chi connectivity index (χ2n) is 7.82. The number of aliphatic hydroxyl groups excluding tert-OH is 2. The number of hydrogen-bond donors (Lipinski definition) is 3. The average Bonchev–Trinajstić information content (AvgIpc) is 2.85. The Hall–Kier alpha value is -1.63. The van der Waals surface area contributed by atoms with E-state index in [1.54, 1.807) is 6.92 Å². The quantitative estimate of drug-likeness (QED) is 0.573. The first-order valence-corrected chi connectivity index (χ1v) is 11.5. The lowest BCUT2D eigenvalue weighted by molar-refractivity contribution is 0.188. The highest BCUT2D eigenvalue weighted by atomic mass is 32.2. The minimum absolute atomic E-state index is 0.0889. The Labute approximate surface area is 168 Å². The third-order valence-electron chi connectivity index (χ3n) is 5.41. The number of sulfone groups is 1. The number of aryl methyl sites for hydroxylation is 2. The molecule has 0 unspecified atom stereocenters. The van der Waals surface area contributed by atoms with E-state index in [1.807, 2.05) is 26.0 Å². The van der Waals surface area contributed by atoms with E-state index in [0.717, 1.165) is 29.5 Å². The Morgan fingerprint density at radius 2 is 1.82 bits per heavy atom. The summed E-state index contributed by atoms with van der Waals surface area (Å²) in [5, 5.41) is 29.2. The van der Waals surface area contributed by atoms with E-state index < -0.39 is 27.8 Å². The standard InChI is InChI=1S/C22H32O5S/c1-5-6-17(11-18-9-14(2)22(25)15(3)10-18)7-8-19(24)21-16(4)13-28(26,27)20(21)12-23/h9-11,19-20,23-25H,5-8,12-13H2,1-4H3/b17-11+/t19-,20+/m1/s1. The number of allylic oxidation sites excluding steroid dienone is 1. The maximum atomic E-state index is 12.1. The lowest BCUT2D eigenvalue weighted by atomic mass is 9.93. The summed E-state index contributed by atoms with van der Waals surface area (Å²) in [6.07, 6.45) is 4.12. The normalized spacial score (nSPS) is 20.6. The monoisotopic (exact) mass is 408 g/mol. The molecule has 0 saturated heterocycles. The predicted octanol–water partition coefficient (Wildman–Crippen LogP) is 3.44. The Kier molecular flexibility index (Phi) is 7.48. The van der Waals surface area contributed by atoms with Crippen LogP contribution in [0.4, 0.5) is 0 Å². The summed E-state index contributed by atoms with van der Waals surface area (Å²) in [6, 6.07) is 3.87. The molecule has 0 aliphatic carbocycles. The third-order valence-corrected chi connectivity index (χ3v) is 7.52. The van der Waals surface area contributed by atoms with E-state index in [4.69, 9.17) is 0 Å². The van der Waals surface area contributed by atoms with E-state index >= 15 is 0 Å². The van der Waals surface area contributed by atoms with Gasteiger partial charge in [-0.2, -0.15) is 0 Å². The minimum atomic E-state index is -3.41. The molecule has 1 aliphatic rings. The van der Waals surface area contributed by atoms with Gasteiger partial charge >= 0.3 is 0 Å². The zero-order valence-electron chi connectivity index (χ0n) is 17.2. The number of phenols is 1. The molecule has 0 amide bonds. The first-order chi connectivity index (χ1) is 13.1. The van der Waals surface area contributed by atoms with Gasteiger partial charge < -0.3 is 15.3 Å². The van der Waals surface area contributed by atoms with Gasteiger partial charge in [0.25, 0.3) is 0 Å². The highest BCUT2D eigenvalue weighted by Gasteiger charge is 2.39. The van der Waals surface area contributed by atoms with Crippen molar-refractivity contribution >= 4 is 15.9 Å². The van der Waals surface area contributed by atoms with Crippen molar-refractivity contribution in [2.24, 2.45) is 0 Å². The zero-order valence-corrected chi connectivity index (χ0v) is 18.0. The lowest BCUT2D eigenvalue weighted by Gasteiger charge is -2.19. The van der Waals surface area contributed by atoms with Crippen LogP contribution in [-0.4, -0.2) is 47.5 Å². The molecule has 2 rings (SSSR count). The highest BCUT2D eigenvalue weighted by Crippen LogP contribution is 2.32. The Bertz CT molecular complexity index is 857. The van der Waals surface area contributed by atoms with Crippen molar-refractivity contribution in [1.29, 1.82) is 0 Å². The van der Waals surface area contributed by atoms with Crippen molar-refractivity contribution in [1.82, 2.24) is 0 Å². The van der Waals surface area contributed by atoms with Crippen LogP contribution < -0.4 is 0 Å². The van der Waals surface area contributed by atoms with Crippen molar-refractivity contribution in [3.63, 3.8) is 0 Å². The molecule has 3 N–H and O–H groups in total. The number of aromatic hydroxyl groups is 1. The summed E-state index contributed by atoms with van der Waals surface area (Å²) < 4.78 is 24.3. The molecule has 1 aliphatic heterocycles. The summed E-state index contributed by atoms with van der Waals surface area (Å²) in [5.74, 6) is 0.221. The van der Waals surface area contributed by atoms with Crippen LogP contribution in [0.5, 0.6) is 5.75 Å². The second kappa shape index (κ2) is 9.25. The molecule has 1 heterocycles.